The maximum atomic E-state index is 5.05. The second-order valence-corrected chi connectivity index (χ2v) is 3.92. The smallest absolute Gasteiger partial charge is 0.322 e. The molecule has 0 saturated carbocycles. The summed E-state index contributed by atoms with van der Waals surface area (Å²) in [5, 5.41) is 9.88. The van der Waals surface area contributed by atoms with Crippen molar-refractivity contribution in [2.75, 3.05) is 30.8 Å². The summed E-state index contributed by atoms with van der Waals surface area (Å²) >= 11 is 0. The van der Waals surface area contributed by atoms with Gasteiger partial charge in [-0.25, -0.2) is 0 Å². The quantitative estimate of drug-likeness (QED) is 0.722. The van der Waals surface area contributed by atoms with Crippen molar-refractivity contribution in [2.24, 2.45) is 0 Å². The Morgan fingerprint density at radius 2 is 1.90 bits per heavy atom. The number of aromatic nitrogens is 5. The summed E-state index contributed by atoms with van der Waals surface area (Å²) in [5.74, 6) is 1.56. The van der Waals surface area contributed by atoms with E-state index < -0.39 is 0 Å². The van der Waals surface area contributed by atoms with Gasteiger partial charge in [0.25, 0.3) is 0 Å². The Bertz CT molecular complexity index is 517. The zero-order valence-corrected chi connectivity index (χ0v) is 11.5. The van der Waals surface area contributed by atoms with Gasteiger partial charge in [0.05, 0.1) is 7.11 Å². The molecule has 0 radical (unpaired) electrons. The molecule has 2 N–H and O–H groups in total. The molecule has 0 bridgehead atoms. The highest BCUT2D eigenvalue weighted by molar-refractivity contribution is 5.35. The third kappa shape index (κ3) is 4.04. The SMILES string of the molecule is CCCNc1nc(NCCc2ncon2)nc(OC)n1. The number of anilines is 2. The third-order valence-corrected chi connectivity index (χ3v) is 2.37. The Labute approximate surface area is 116 Å². The van der Waals surface area contributed by atoms with Crippen LogP contribution in [0.4, 0.5) is 11.9 Å². The van der Waals surface area contributed by atoms with Crippen LogP contribution in [0.2, 0.25) is 0 Å². The van der Waals surface area contributed by atoms with E-state index in [0.717, 1.165) is 13.0 Å². The van der Waals surface area contributed by atoms with Gasteiger partial charge in [-0.15, -0.1) is 0 Å². The Morgan fingerprint density at radius 1 is 1.15 bits per heavy atom. The highest BCUT2D eigenvalue weighted by atomic mass is 16.5. The highest BCUT2D eigenvalue weighted by Gasteiger charge is 2.06. The largest absolute Gasteiger partial charge is 0.467 e. The van der Waals surface area contributed by atoms with Gasteiger partial charge in [-0.2, -0.15) is 19.9 Å². The maximum Gasteiger partial charge on any atom is 0.322 e. The van der Waals surface area contributed by atoms with Crippen LogP contribution in [0, 0.1) is 0 Å². The highest BCUT2D eigenvalue weighted by Crippen LogP contribution is 2.10. The predicted octanol–water partition coefficient (Wildman–Crippen LogP) is 0.740. The van der Waals surface area contributed by atoms with E-state index in [1.54, 1.807) is 0 Å². The van der Waals surface area contributed by atoms with Crippen molar-refractivity contribution in [1.82, 2.24) is 25.1 Å². The average Bonchev–Trinajstić information content (AvgIpc) is 2.98. The molecule has 9 nitrogen and oxygen atoms in total. The van der Waals surface area contributed by atoms with E-state index in [-0.39, 0.29) is 6.01 Å². The summed E-state index contributed by atoms with van der Waals surface area (Å²) in [6.45, 7) is 3.44. The minimum atomic E-state index is 0.265. The van der Waals surface area contributed by atoms with E-state index in [1.807, 2.05) is 0 Å². The number of nitrogens with zero attached hydrogens (tertiary/aromatic N) is 5. The first-order chi connectivity index (χ1) is 9.81. The van der Waals surface area contributed by atoms with Gasteiger partial charge in [-0.05, 0) is 6.42 Å². The Hall–Kier alpha value is -2.45. The summed E-state index contributed by atoms with van der Waals surface area (Å²) in [6.07, 6.45) is 2.89. The molecule has 2 heterocycles. The minimum absolute atomic E-state index is 0.265. The molecule has 20 heavy (non-hydrogen) atoms. The number of ether oxygens (including phenoxy) is 1. The molecule has 108 valence electrons. The second-order valence-electron chi connectivity index (χ2n) is 3.92. The van der Waals surface area contributed by atoms with Crippen LogP contribution >= 0.6 is 0 Å². The monoisotopic (exact) mass is 279 g/mol. The van der Waals surface area contributed by atoms with E-state index in [1.165, 1.54) is 13.5 Å². The molecule has 0 spiro atoms. The van der Waals surface area contributed by atoms with Crippen LogP contribution in [-0.2, 0) is 6.42 Å². The molecule has 0 amide bonds. The summed E-state index contributed by atoms with van der Waals surface area (Å²) in [4.78, 5) is 16.4. The second kappa shape index (κ2) is 7.22. The Morgan fingerprint density at radius 3 is 2.50 bits per heavy atom. The molecular formula is C11H17N7O2. The van der Waals surface area contributed by atoms with Gasteiger partial charge >= 0.3 is 6.01 Å². The van der Waals surface area contributed by atoms with Gasteiger partial charge in [0, 0.05) is 19.5 Å². The summed E-state index contributed by atoms with van der Waals surface area (Å²) in [5.41, 5.74) is 0. The third-order valence-electron chi connectivity index (χ3n) is 2.37. The van der Waals surface area contributed by atoms with E-state index in [0.29, 0.717) is 30.7 Å². The molecule has 9 heteroatoms. The van der Waals surface area contributed by atoms with Crippen molar-refractivity contribution in [3.05, 3.63) is 12.2 Å². The molecule has 0 saturated heterocycles. The lowest BCUT2D eigenvalue weighted by Gasteiger charge is -2.08. The van der Waals surface area contributed by atoms with E-state index in [2.05, 4.69) is 47.2 Å². The van der Waals surface area contributed by atoms with Crippen LogP contribution in [0.25, 0.3) is 0 Å². The molecule has 0 fully saturated rings. The molecule has 0 aliphatic rings. The molecule has 2 aromatic rings. The summed E-state index contributed by atoms with van der Waals surface area (Å²) < 4.78 is 9.70. The average molecular weight is 279 g/mol. The van der Waals surface area contributed by atoms with Crippen LogP contribution in [0.1, 0.15) is 19.2 Å². The van der Waals surface area contributed by atoms with Crippen molar-refractivity contribution in [1.29, 1.82) is 0 Å². The first-order valence-electron chi connectivity index (χ1n) is 6.35. The van der Waals surface area contributed by atoms with Gasteiger partial charge in [-0.3, -0.25) is 0 Å². The van der Waals surface area contributed by atoms with Crippen molar-refractivity contribution >= 4 is 11.9 Å². The van der Waals surface area contributed by atoms with Crippen LogP contribution in [0.15, 0.2) is 10.9 Å². The zero-order valence-electron chi connectivity index (χ0n) is 11.5. The molecule has 0 unspecified atom stereocenters. The molecule has 0 aliphatic carbocycles. The van der Waals surface area contributed by atoms with Crippen molar-refractivity contribution in [2.45, 2.75) is 19.8 Å². The Balaban J connectivity index is 1.94. The molecule has 0 aromatic carbocycles. The van der Waals surface area contributed by atoms with Gasteiger partial charge in [0.15, 0.2) is 5.82 Å². The van der Waals surface area contributed by atoms with E-state index in [9.17, 15) is 0 Å². The fourth-order valence-electron chi connectivity index (χ4n) is 1.43. The van der Waals surface area contributed by atoms with Gasteiger partial charge in [0.2, 0.25) is 18.3 Å². The summed E-state index contributed by atoms with van der Waals surface area (Å²) in [6, 6.07) is 0.265. The molecule has 0 atom stereocenters. The fourth-order valence-corrected chi connectivity index (χ4v) is 1.43. The van der Waals surface area contributed by atoms with E-state index in [4.69, 9.17) is 4.74 Å². The van der Waals surface area contributed by atoms with E-state index >= 15 is 0 Å². The number of hydrogen-bond donors (Lipinski definition) is 2. The molecule has 2 rings (SSSR count). The number of methoxy groups -OCH3 is 1. The van der Waals surface area contributed by atoms with Crippen molar-refractivity contribution < 1.29 is 9.26 Å². The van der Waals surface area contributed by atoms with Crippen LogP contribution in [0.5, 0.6) is 6.01 Å². The number of rotatable bonds is 8. The first-order valence-corrected chi connectivity index (χ1v) is 6.35. The van der Waals surface area contributed by atoms with Crippen LogP contribution in [-0.4, -0.2) is 45.3 Å². The lowest BCUT2D eigenvalue weighted by atomic mass is 10.4. The van der Waals surface area contributed by atoms with Crippen molar-refractivity contribution in [3.8, 4) is 6.01 Å². The van der Waals surface area contributed by atoms with Crippen LogP contribution < -0.4 is 15.4 Å². The standard InChI is InChI=1S/C11H17N7O2/c1-3-5-12-9-15-10(17-11(16-9)19-2)13-6-4-8-14-7-20-18-8/h7H,3-6H2,1-2H3,(H2,12,13,15,16,17). The number of nitrogens with one attached hydrogen (secondary N) is 2. The topological polar surface area (TPSA) is 111 Å². The number of hydrogen-bond acceptors (Lipinski definition) is 9. The lowest BCUT2D eigenvalue weighted by Crippen LogP contribution is -2.12. The van der Waals surface area contributed by atoms with Gasteiger partial charge < -0.3 is 19.9 Å². The van der Waals surface area contributed by atoms with Gasteiger partial charge in [0.1, 0.15) is 0 Å². The lowest BCUT2D eigenvalue weighted by molar-refractivity contribution is 0.379. The molecule has 2 aromatic heterocycles. The molecule has 0 aliphatic heterocycles. The maximum absolute atomic E-state index is 5.05. The normalized spacial score (nSPS) is 10.3. The zero-order chi connectivity index (χ0) is 14.2. The first kappa shape index (κ1) is 14.0. The predicted molar refractivity (Wildman–Crippen MR) is 71.7 cm³/mol. The van der Waals surface area contributed by atoms with Crippen molar-refractivity contribution in [3.63, 3.8) is 0 Å². The fraction of sp³-hybridized carbons (Fsp3) is 0.545. The molecular weight excluding hydrogens is 262 g/mol. The summed E-state index contributed by atoms with van der Waals surface area (Å²) in [7, 11) is 1.52. The van der Waals surface area contributed by atoms with Crippen LogP contribution in [0.3, 0.4) is 0 Å². The minimum Gasteiger partial charge on any atom is -0.467 e. The van der Waals surface area contributed by atoms with Gasteiger partial charge in [-0.1, -0.05) is 12.1 Å². The Kier molecular flexibility index (Phi) is 5.04.